The quantitative estimate of drug-likeness (QED) is 0.859. The lowest BCUT2D eigenvalue weighted by atomic mass is 10.1. The Balaban J connectivity index is 1.63. The molecule has 0 saturated carbocycles. The Hall–Kier alpha value is -2.34. The van der Waals surface area contributed by atoms with Gasteiger partial charge in [-0.2, -0.15) is 0 Å². The van der Waals surface area contributed by atoms with Gasteiger partial charge in [0.2, 0.25) is 0 Å². The molecule has 2 heterocycles. The van der Waals surface area contributed by atoms with Crippen LogP contribution in [0.15, 0.2) is 36.4 Å². The fourth-order valence-electron chi connectivity index (χ4n) is 2.68. The van der Waals surface area contributed by atoms with Crippen LogP contribution < -0.4 is 5.73 Å². The minimum atomic E-state index is -0.0674. The molecular weight excluding hydrogens is 310 g/mol. The zero-order valence-electron chi connectivity index (χ0n) is 13.0. The van der Waals surface area contributed by atoms with Crippen molar-refractivity contribution in [3.63, 3.8) is 0 Å². The molecule has 2 amide bonds. The van der Waals surface area contributed by atoms with Crippen molar-refractivity contribution in [1.82, 2.24) is 9.80 Å². The van der Waals surface area contributed by atoms with Gasteiger partial charge in [0.1, 0.15) is 0 Å². The highest BCUT2D eigenvalue weighted by molar-refractivity contribution is 7.13. The highest BCUT2D eigenvalue weighted by Crippen LogP contribution is 2.19. The van der Waals surface area contributed by atoms with E-state index in [1.807, 2.05) is 36.1 Å². The second-order valence-corrected chi connectivity index (χ2v) is 6.87. The monoisotopic (exact) mass is 329 g/mol. The van der Waals surface area contributed by atoms with Crippen molar-refractivity contribution in [2.45, 2.75) is 6.92 Å². The number of para-hydroxylation sites is 1. The first-order valence-corrected chi connectivity index (χ1v) is 8.37. The van der Waals surface area contributed by atoms with Crippen LogP contribution in [-0.4, -0.2) is 47.8 Å². The maximum Gasteiger partial charge on any atom is 0.264 e. The van der Waals surface area contributed by atoms with Crippen LogP contribution in [0.4, 0.5) is 5.69 Å². The number of amides is 2. The van der Waals surface area contributed by atoms with Crippen LogP contribution >= 0.6 is 11.3 Å². The Morgan fingerprint density at radius 2 is 1.57 bits per heavy atom. The lowest BCUT2D eigenvalue weighted by Crippen LogP contribution is -2.50. The molecule has 2 N–H and O–H groups in total. The minimum Gasteiger partial charge on any atom is -0.398 e. The number of thiophene rings is 1. The second kappa shape index (κ2) is 6.42. The molecule has 1 aliphatic rings. The summed E-state index contributed by atoms with van der Waals surface area (Å²) in [5.41, 5.74) is 6.89. The van der Waals surface area contributed by atoms with Gasteiger partial charge in [-0.05, 0) is 31.2 Å². The fourth-order valence-corrected chi connectivity index (χ4v) is 3.52. The number of carbonyl (C=O) groups is 2. The lowest BCUT2D eigenvalue weighted by molar-refractivity contribution is 0.0538. The van der Waals surface area contributed by atoms with Crippen LogP contribution in [0.3, 0.4) is 0 Å². The molecule has 2 aromatic rings. The molecule has 6 heteroatoms. The molecule has 0 aliphatic carbocycles. The number of rotatable bonds is 2. The maximum absolute atomic E-state index is 12.5. The van der Waals surface area contributed by atoms with Crippen LogP contribution in [0.5, 0.6) is 0 Å². The molecule has 0 radical (unpaired) electrons. The highest BCUT2D eigenvalue weighted by Gasteiger charge is 2.26. The Morgan fingerprint density at radius 1 is 0.957 bits per heavy atom. The van der Waals surface area contributed by atoms with Crippen LogP contribution in [0.1, 0.15) is 24.9 Å². The average molecular weight is 329 g/mol. The molecule has 23 heavy (non-hydrogen) atoms. The van der Waals surface area contributed by atoms with Crippen LogP contribution in [0, 0.1) is 6.92 Å². The minimum absolute atomic E-state index is 0.0504. The number of nitrogens with zero attached hydrogens (tertiary/aromatic N) is 2. The highest BCUT2D eigenvalue weighted by atomic mass is 32.1. The molecule has 1 aliphatic heterocycles. The summed E-state index contributed by atoms with van der Waals surface area (Å²) in [6.07, 6.45) is 0. The van der Waals surface area contributed by atoms with Crippen molar-refractivity contribution in [3.8, 4) is 0 Å². The number of nitrogens with two attached hydrogens (primary N) is 1. The van der Waals surface area contributed by atoms with Crippen LogP contribution in [0.2, 0.25) is 0 Å². The summed E-state index contributed by atoms with van der Waals surface area (Å²) >= 11 is 1.51. The molecule has 1 aromatic heterocycles. The van der Waals surface area contributed by atoms with Gasteiger partial charge in [-0.25, -0.2) is 0 Å². The van der Waals surface area contributed by atoms with E-state index in [-0.39, 0.29) is 11.8 Å². The number of aryl methyl sites for hydroxylation is 1. The summed E-state index contributed by atoms with van der Waals surface area (Å²) in [5, 5.41) is 0. The van der Waals surface area contributed by atoms with Crippen molar-refractivity contribution < 1.29 is 9.59 Å². The summed E-state index contributed by atoms with van der Waals surface area (Å²) < 4.78 is 0. The van der Waals surface area contributed by atoms with Gasteiger partial charge >= 0.3 is 0 Å². The van der Waals surface area contributed by atoms with E-state index >= 15 is 0 Å². The van der Waals surface area contributed by atoms with E-state index in [1.54, 1.807) is 17.0 Å². The maximum atomic E-state index is 12.5. The summed E-state index contributed by atoms with van der Waals surface area (Å²) in [6, 6.07) is 10.9. The van der Waals surface area contributed by atoms with Crippen molar-refractivity contribution >= 4 is 28.8 Å². The van der Waals surface area contributed by atoms with E-state index in [1.165, 1.54) is 11.3 Å². The molecule has 0 bridgehead atoms. The molecule has 3 rings (SSSR count). The van der Waals surface area contributed by atoms with Crippen molar-refractivity contribution in [3.05, 3.63) is 51.7 Å². The summed E-state index contributed by atoms with van der Waals surface area (Å²) in [4.78, 5) is 30.4. The van der Waals surface area contributed by atoms with Gasteiger partial charge in [0.15, 0.2) is 0 Å². The van der Waals surface area contributed by atoms with Gasteiger partial charge in [-0.15, -0.1) is 11.3 Å². The number of anilines is 1. The van der Waals surface area contributed by atoms with E-state index in [9.17, 15) is 9.59 Å². The Kier molecular flexibility index (Phi) is 4.34. The van der Waals surface area contributed by atoms with Gasteiger partial charge in [-0.1, -0.05) is 12.1 Å². The molecule has 0 unspecified atom stereocenters. The van der Waals surface area contributed by atoms with E-state index in [0.29, 0.717) is 37.4 Å². The number of piperazine rings is 1. The van der Waals surface area contributed by atoms with Gasteiger partial charge in [0, 0.05) is 36.7 Å². The second-order valence-electron chi connectivity index (χ2n) is 5.58. The predicted molar refractivity (Wildman–Crippen MR) is 91.7 cm³/mol. The third-order valence-corrected chi connectivity index (χ3v) is 4.99. The average Bonchev–Trinajstić information content (AvgIpc) is 3.01. The zero-order valence-corrected chi connectivity index (χ0v) is 13.8. The third-order valence-electron chi connectivity index (χ3n) is 4.00. The van der Waals surface area contributed by atoms with E-state index in [4.69, 9.17) is 5.73 Å². The molecule has 120 valence electrons. The Bertz CT molecular complexity index is 733. The topological polar surface area (TPSA) is 66.6 Å². The number of nitrogen functional groups attached to an aromatic ring is 1. The molecular formula is C17H19N3O2S. The Morgan fingerprint density at radius 3 is 2.13 bits per heavy atom. The van der Waals surface area contributed by atoms with Gasteiger partial charge in [0.25, 0.3) is 11.8 Å². The van der Waals surface area contributed by atoms with E-state index in [2.05, 4.69) is 0 Å². The van der Waals surface area contributed by atoms with E-state index in [0.717, 1.165) is 9.75 Å². The fraction of sp³-hybridized carbons (Fsp3) is 0.294. The molecule has 5 nitrogen and oxygen atoms in total. The molecule has 1 saturated heterocycles. The van der Waals surface area contributed by atoms with Gasteiger partial charge in [0.05, 0.1) is 10.4 Å². The first kappa shape index (κ1) is 15.6. The smallest absolute Gasteiger partial charge is 0.264 e. The largest absolute Gasteiger partial charge is 0.398 e. The molecule has 1 aromatic carbocycles. The normalized spacial score (nSPS) is 14.8. The standard InChI is InChI=1S/C17H19N3O2S/c1-12-6-7-15(23-12)17(22)20-10-8-19(9-11-20)16(21)13-4-2-3-5-14(13)18/h2-7H,8-11,18H2,1H3. The lowest BCUT2D eigenvalue weighted by Gasteiger charge is -2.34. The first-order valence-electron chi connectivity index (χ1n) is 7.56. The molecule has 0 spiro atoms. The number of carbonyl (C=O) groups excluding carboxylic acids is 2. The first-order chi connectivity index (χ1) is 11.1. The summed E-state index contributed by atoms with van der Waals surface area (Å²) in [6.45, 7) is 4.15. The predicted octanol–water partition coefficient (Wildman–Crippen LogP) is 2.24. The van der Waals surface area contributed by atoms with Gasteiger partial charge in [-0.3, -0.25) is 9.59 Å². The number of hydrogen-bond donors (Lipinski definition) is 1. The zero-order chi connectivity index (χ0) is 16.4. The number of hydrogen-bond acceptors (Lipinski definition) is 4. The molecule has 0 atom stereocenters. The van der Waals surface area contributed by atoms with Crippen molar-refractivity contribution in [2.75, 3.05) is 31.9 Å². The summed E-state index contributed by atoms with van der Waals surface area (Å²) in [7, 11) is 0. The summed E-state index contributed by atoms with van der Waals surface area (Å²) in [5.74, 6) is -0.0170. The third kappa shape index (κ3) is 3.22. The molecule has 1 fully saturated rings. The van der Waals surface area contributed by atoms with Crippen molar-refractivity contribution in [1.29, 1.82) is 0 Å². The SMILES string of the molecule is Cc1ccc(C(=O)N2CCN(C(=O)c3ccccc3N)CC2)s1. The van der Waals surface area contributed by atoms with Crippen LogP contribution in [-0.2, 0) is 0 Å². The Labute approximate surface area is 139 Å². The number of benzene rings is 1. The van der Waals surface area contributed by atoms with E-state index < -0.39 is 0 Å². The van der Waals surface area contributed by atoms with Crippen LogP contribution in [0.25, 0.3) is 0 Å². The van der Waals surface area contributed by atoms with Gasteiger partial charge < -0.3 is 15.5 Å². The van der Waals surface area contributed by atoms with Crippen molar-refractivity contribution in [2.24, 2.45) is 0 Å².